The van der Waals surface area contributed by atoms with Crippen LogP contribution in [0, 0.1) is 0 Å². The van der Waals surface area contributed by atoms with Gasteiger partial charge < -0.3 is 19.2 Å². The van der Waals surface area contributed by atoms with Crippen molar-refractivity contribution in [2.24, 2.45) is 0 Å². The number of methoxy groups -OCH3 is 2. The summed E-state index contributed by atoms with van der Waals surface area (Å²) < 4.78 is 16.5. The Bertz CT molecular complexity index is 1450. The normalized spacial score (nSPS) is 12.4. The van der Waals surface area contributed by atoms with Crippen LogP contribution >= 0.6 is 0 Å². The van der Waals surface area contributed by atoms with Crippen LogP contribution in [0.3, 0.4) is 0 Å². The highest BCUT2D eigenvalue weighted by atomic mass is 16.5. The predicted molar refractivity (Wildman–Crippen MR) is 125 cm³/mol. The van der Waals surface area contributed by atoms with Crippen molar-refractivity contribution in [1.82, 2.24) is 5.32 Å². The van der Waals surface area contributed by atoms with E-state index in [9.17, 15) is 14.4 Å². The highest BCUT2D eigenvalue weighted by molar-refractivity contribution is 6.27. The number of benzene rings is 3. The molecule has 0 atom stereocenters. The van der Waals surface area contributed by atoms with Crippen molar-refractivity contribution >= 4 is 34.2 Å². The first kappa shape index (κ1) is 21.3. The van der Waals surface area contributed by atoms with E-state index in [1.807, 2.05) is 12.1 Å². The lowest BCUT2D eigenvalue weighted by atomic mass is 9.94. The lowest BCUT2D eigenvalue weighted by Crippen LogP contribution is -2.34. The molecule has 2 N–H and O–H groups in total. The summed E-state index contributed by atoms with van der Waals surface area (Å²) in [6, 6.07) is 17.1. The van der Waals surface area contributed by atoms with Crippen LogP contribution in [0.5, 0.6) is 11.5 Å². The Morgan fingerprint density at radius 2 is 1.74 bits per heavy atom. The first-order chi connectivity index (χ1) is 16.5. The third kappa shape index (κ3) is 3.65. The second kappa shape index (κ2) is 8.40. The number of hydrogen-bond acceptors (Lipinski definition) is 6. The zero-order chi connectivity index (χ0) is 23.8. The molecule has 8 heteroatoms. The Labute approximate surface area is 194 Å². The van der Waals surface area contributed by atoms with Crippen LogP contribution in [-0.2, 0) is 6.42 Å². The molecule has 1 aliphatic rings. The van der Waals surface area contributed by atoms with E-state index in [1.165, 1.54) is 0 Å². The predicted octanol–water partition coefficient (Wildman–Crippen LogP) is 4.18. The number of amides is 3. The van der Waals surface area contributed by atoms with Crippen LogP contribution in [0.4, 0.5) is 5.69 Å². The smallest absolute Gasteiger partial charge is 0.291 e. The second-order valence-corrected chi connectivity index (χ2v) is 7.75. The third-order valence-corrected chi connectivity index (χ3v) is 5.74. The van der Waals surface area contributed by atoms with Gasteiger partial charge in [-0.15, -0.1) is 0 Å². The Kier molecular flexibility index (Phi) is 5.25. The Morgan fingerprint density at radius 3 is 2.50 bits per heavy atom. The molecule has 0 spiro atoms. The van der Waals surface area contributed by atoms with Gasteiger partial charge in [-0.3, -0.25) is 19.7 Å². The summed E-state index contributed by atoms with van der Waals surface area (Å²) in [7, 11) is 3.18. The minimum Gasteiger partial charge on any atom is -0.497 e. The van der Waals surface area contributed by atoms with E-state index in [1.54, 1.807) is 62.8 Å². The molecule has 1 aromatic heterocycles. The fourth-order valence-corrected chi connectivity index (χ4v) is 4.12. The van der Waals surface area contributed by atoms with Gasteiger partial charge in [0.15, 0.2) is 5.76 Å². The van der Waals surface area contributed by atoms with Crippen LogP contribution in [0.2, 0.25) is 0 Å². The zero-order valence-electron chi connectivity index (χ0n) is 18.4. The van der Waals surface area contributed by atoms with Crippen LogP contribution in [0.1, 0.15) is 42.6 Å². The summed E-state index contributed by atoms with van der Waals surface area (Å²) in [6.07, 6.45) is 0.409. The molecule has 2 heterocycles. The largest absolute Gasteiger partial charge is 0.497 e. The van der Waals surface area contributed by atoms with Crippen molar-refractivity contribution in [3.8, 4) is 11.5 Å². The van der Waals surface area contributed by atoms with Crippen molar-refractivity contribution in [2.75, 3.05) is 19.5 Å². The van der Waals surface area contributed by atoms with E-state index in [2.05, 4.69) is 10.6 Å². The fraction of sp³-hybridized carbons (Fsp3) is 0.115. The number of imide groups is 1. The summed E-state index contributed by atoms with van der Waals surface area (Å²) in [5, 5.41) is 6.26. The first-order valence-electron chi connectivity index (χ1n) is 10.5. The fourth-order valence-electron chi connectivity index (χ4n) is 4.12. The first-order valence-corrected chi connectivity index (χ1v) is 10.5. The lowest BCUT2D eigenvalue weighted by Gasteiger charge is -2.18. The van der Waals surface area contributed by atoms with E-state index < -0.39 is 17.7 Å². The summed E-state index contributed by atoms with van der Waals surface area (Å²) in [5.41, 5.74) is 2.10. The third-order valence-electron chi connectivity index (χ3n) is 5.74. The zero-order valence-corrected chi connectivity index (χ0v) is 18.4. The quantitative estimate of drug-likeness (QED) is 0.422. The van der Waals surface area contributed by atoms with Crippen LogP contribution in [-0.4, -0.2) is 31.9 Å². The number of furan rings is 1. The van der Waals surface area contributed by atoms with Crippen molar-refractivity contribution in [3.63, 3.8) is 0 Å². The molecule has 0 fully saturated rings. The maximum atomic E-state index is 12.9. The summed E-state index contributed by atoms with van der Waals surface area (Å²) in [4.78, 5) is 37.4. The van der Waals surface area contributed by atoms with Crippen molar-refractivity contribution in [2.45, 2.75) is 6.42 Å². The Morgan fingerprint density at radius 1 is 0.941 bits per heavy atom. The van der Waals surface area contributed by atoms with Gasteiger partial charge in [0, 0.05) is 39.6 Å². The molecule has 0 unspecified atom stereocenters. The molecule has 3 amide bonds. The molecule has 0 aliphatic carbocycles. The van der Waals surface area contributed by atoms with Gasteiger partial charge in [0.2, 0.25) is 0 Å². The standard InChI is InChI=1S/C26H20N2O6/c1-32-15-6-10-21(33-2)14(12-15)13-16-7-11-22(34-16)26(31)27-20-9-8-19-23-17(20)4-3-5-18(23)24(29)28-25(19)30/h3-12H,13H2,1-2H3,(H,27,31)(H,28,29,30). The van der Waals surface area contributed by atoms with Gasteiger partial charge in [0.05, 0.1) is 14.2 Å². The lowest BCUT2D eigenvalue weighted by molar-refractivity contribution is 0.0844. The van der Waals surface area contributed by atoms with Gasteiger partial charge in [-0.2, -0.15) is 0 Å². The van der Waals surface area contributed by atoms with Gasteiger partial charge in [-0.1, -0.05) is 12.1 Å². The molecule has 34 heavy (non-hydrogen) atoms. The Balaban J connectivity index is 1.42. The van der Waals surface area contributed by atoms with E-state index >= 15 is 0 Å². The maximum absolute atomic E-state index is 12.9. The molecule has 0 bridgehead atoms. The van der Waals surface area contributed by atoms with E-state index in [0.29, 0.717) is 51.3 Å². The molecule has 0 saturated carbocycles. The van der Waals surface area contributed by atoms with Gasteiger partial charge in [-0.05, 0) is 48.5 Å². The van der Waals surface area contributed by atoms with Gasteiger partial charge >= 0.3 is 0 Å². The number of nitrogens with one attached hydrogen (secondary N) is 2. The molecule has 0 saturated heterocycles. The molecule has 3 aromatic carbocycles. The van der Waals surface area contributed by atoms with E-state index in [0.717, 1.165) is 5.56 Å². The van der Waals surface area contributed by atoms with Gasteiger partial charge in [0.25, 0.3) is 17.7 Å². The van der Waals surface area contributed by atoms with Crippen LogP contribution in [0.15, 0.2) is 65.1 Å². The SMILES string of the molecule is COc1ccc(OC)c(Cc2ccc(C(=O)Nc3ccc4c5c(cccc35)C(=O)NC4=O)o2)c1. The molecule has 0 radical (unpaired) electrons. The van der Waals surface area contributed by atoms with Crippen molar-refractivity contribution < 1.29 is 28.3 Å². The number of anilines is 1. The van der Waals surface area contributed by atoms with E-state index in [-0.39, 0.29) is 5.76 Å². The summed E-state index contributed by atoms with van der Waals surface area (Å²) in [5.74, 6) is 0.713. The number of hydrogen-bond donors (Lipinski definition) is 2. The summed E-state index contributed by atoms with van der Waals surface area (Å²) in [6.45, 7) is 0. The van der Waals surface area contributed by atoms with Crippen molar-refractivity contribution in [1.29, 1.82) is 0 Å². The van der Waals surface area contributed by atoms with Crippen molar-refractivity contribution in [3.05, 3.63) is 88.9 Å². The topological polar surface area (TPSA) is 107 Å². The summed E-state index contributed by atoms with van der Waals surface area (Å²) >= 11 is 0. The van der Waals surface area contributed by atoms with Crippen LogP contribution in [0.25, 0.3) is 10.8 Å². The average Bonchev–Trinajstić information content (AvgIpc) is 3.31. The average molecular weight is 456 g/mol. The second-order valence-electron chi connectivity index (χ2n) is 7.75. The van der Waals surface area contributed by atoms with Gasteiger partial charge in [-0.25, -0.2) is 0 Å². The highest BCUT2D eigenvalue weighted by Crippen LogP contribution is 2.32. The van der Waals surface area contributed by atoms with Crippen LogP contribution < -0.4 is 20.1 Å². The molecule has 170 valence electrons. The molecular formula is C26H20N2O6. The molecule has 4 aromatic rings. The molecule has 1 aliphatic heterocycles. The monoisotopic (exact) mass is 456 g/mol. The number of ether oxygens (including phenoxy) is 2. The van der Waals surface area contributed by atoms with E-state index in [4.69, 9.17) is 13.9 Å². The minimum atomic E-state index is -0.463. The van der Waals surface area contributed by atoms with Gasteiger partial charge in [0.1, 0.15) is 17.3 Å². The molecule has 8 nitrogen and oxygen atoms in total. The maximum Gasteiger partial charge on any atom is 0.291 e. The Hall–Kier alpha value is -4.59. The molecular weight excluding hydrogens is 436 g/mol. The highest BCUT2D eigenvalue weighted by Gasteiger charge is 2.26. The number of carbonyl (C=O) groups excluding carboxylic acids is 3. The minimum absolute atomic E-state index is 0.131. The number of carbonyl (C=O) groups is 3. The molecule has 5 rings (SSSR count). The number of rotatable bonds is 6.